The normalized spacial score (nSPS) is 33.5. The maximum absolute atomic E-state index is 5.82. The first-order valence-electron chi connectivity index (χ1n) is 7.31. The summed E-state index contributed by atoms with van der Waals surface area (Å²) < 4.78 is 22.6. The maximum Gasteiger partial charge on any atom is 0.0809 e. The first-order valence-corrected chi connectivity index (χ1v) is 7.31. The average Bonchev–Trinajstić information content (AvgIpc) is 2.42. The van der Waals surface area contributed by atoms with Gasteiger partial charge in [-0.1, -0.05) is 0 Å². The summed E-state index contributed by atoms with van der Waals surface area (Å²) in [5.74, 6) is 0. The molecule has 0 saturated carbocycles. The lowest BCUT2D eigenvalue weighted by atomic mass is 10.0. The maximum atomic E-state index is 5.82. The minimum absolute atomic E-state index is 0.304. The largest absolute Gasteiger partial charge is 0.379 e. The van der Waals surface area contributed by atoms with E-state index in [1.54, 1.807) is 0 Å². The van der Waals surface area contributed by atoms with E-state index in [9.17, 15) is 0 Å². The highest BCUT2D eigenvalue weighted by molar-refractivity contribution is 4.71. The zero-order chi connectivity index (χ0) is 12.6. The Morgan fingerprint density at radius 3 is 2.61 bits per heavy atom. The van der Waals surface area contributed by atoms with Crippen LogP contribution in [0.25, 0.3) is 0 Å². The van der Waals surface area contributed by atoms with Gasteiger partial charge in [0.15, 0.2) is 0 Å². The van der Waals surface area contributed by atoms with Crippen LogP contribution in [-0.2, 0) is 18.9 Å². The molecular formula is C14H26O4. The lowest BCUT2D eigenvalue weighted by molar-refractivity contribution is -0.0998. The van der Waals surface area contributed by atoms with Gasteiger partial charge in [-0.15, -0.1) is 0 Å². The third-order valence-corrected chi connectivity index (χ3v) is 3.64. The molecule has 2 saturated heterocycles. The second kappa shape index (κ2) is 8.10. The van der Waals surface area contributed by atoms with Crippen LogP contribution in [-0.4, -0.2) is 51.3 Å². The van der Waals surface area contributed by atoms with Crippen LogP contribution in [0.15, 0.2) is 0 Å². The summed E-state index contributed by atoms with van der Waals surface area (Å²) in [5.41, 5.74) is 0. The topological polar surface area (TPSA) is 36.9 Å². The zero-order valence-corrected chi connectivity index (χ0v) is 11.4. The van der Waals surface area contributed by atoms with E-state index in [0.717, 1.165) is 65.1 Å². The highest BCUT2D eigenvalue weighted by atomic mass is 16.5. The van der Waals surface area contributed by atoms with Crippen LogP contribution in [0.3, 0.4) is 0 Å². The highest BCUT2D eigenvalue weighted by Gasteiger charge is 2.22. The third-order valence-electron chi connectivity index (χ3n) is 3.64. The fraction of sp³-hybridized carbons (Fsp3) is 1.00. The van der Waals surface area contributed by atoms with Crippen LogP contribution in [0.5, 0.6) is 0 Å². The molecule has 2 rings (SSSR count). The lowest BCUT2D eigenvalue weighted by Gasteiger charge is -2.29. The van der Waals surface area contributed by atoms with Gasteiger partial charge in [0.2, 0.25) is 0 Å². The lowest BCUT2D eigenvalue weighted by Crippen LogP contribution is -2.33. The summed E-state index contributed by atoms with van der Waals surface area (Å²) in [5, 5.41) is 0. The summed E-state index contributed by atoms with van der Waals surface area (Å²) >= 11 is 0. The fourth-order valence-electron chi connectivity index (χ4n) is 2.59. The van der Waals surface area contributed by atoms with Crippen molar-refractivity contribution in [3.05, 3.63) is 0 Å². The molecule has 0 N–H and O–H groups in total. The van der Waals surface area contributed by atoms with Crippen LogP contribution in [0.1, 0.15) is 39.0 Å². The third kappa shape index (κ3) is 4.84. The van der Waals surface area contributed by atoms with Crippen molar-refractivity contribution in [2.75, 3.05) is 33.0 Å². The quantitative estimate of drug-likeness (QED) is 0.731. The van der Waals surface area contributed by atoms with Crippen molar-refractivity contribution in [2.45, 2.75) is 57.3 Å². The molecule has 2 aliphatic rings. The molecule has 106 valence electrons. The Morgan fingerprint density at radius 1 is 1.06 bits per heavy atom. The predicted molar refractivity (Wildman–Crippen MR) is 68.8 cm³/mol. The molecule has 0 aliphatic carbocycles. The minimum atomic E-state index is 0.304. The number of hydrogen-bond donors (Lipinski definition) is 0. The molecule has 4 nitrogen and oxygen atoms in total. The van der Waals surface area contributed by atoms with Crippen molar-refractivity contribution >= 4 is 0 Å². The van der Waals surface area contributed by atoms with Gasteiger partial charge in [0.05, 0.1) is 31.5 Å². The van der Waals surface area contributed by atoms with Gasteiger partial charge in [-0.25, -0.2) is 0 Å². The van der Waals surface area contributed by atoms with Crippen molar-refractivity contribution in [3.8, 4) is 0 Å². The standard InChI is InChI=1S/C14H26O4/c1-2-16-14-6-5-12(18-11-14)7-9-17-13-4-3-8-15-10-13/h12-14H,2-11H2,1H3/t12?,13-,14+/m0/s1. The van der Waals surface area contributed by atoms with Crippen LogP contribution in [0.4, 0.5) is 0 Å². The Morgan fingerprint density at radius 2 is 1.94 bits per heavy atom. The van der Waals surface area contributed by atoms with Crippen molar-refractivity contribution in [3.63, 3.8) is 0 Å². The second-order valence-electron chi connectivity index (χ2n) is 5.11. The van der Waals surface area contributed by atoms with Crippen molar-refractivity contribution < 1.29 is 18.9 Å². The van der Waals surface area contributed by atoms with E-state index in [2.05, 4.69) is 0 Å². The van der Waals surface area contributed by atoms with Crippen LogP contribution in [0.2, 0.25) is 0 Å². The Kier molecular flexibility index (Phi) is 6.41. The molecule has 0 aromatic rings. The summed E-state index contributed by atoms with van der Waals surface area (Å²) in [6, 6.07) is 0. The van der Waals surface area contributed by atoms with Gasteiger partial charge in [0.1, 0.15) is 0 Å². The molecule has 4 heteroatoms. The molecule has 3 atom stereocenters. The van der Waals surface area contributed by atoms with Crippen molar-refractivity contribution in [2.24, 2.45) is 0 Å². The van der Waals surface area contributed by atoms with E-state index >= 15 is 0 Å². The molecule has 2 aliphatic heterocycles. The molecule has 0 radical (unpaired) electrons. The SMILES string of the molecule is CCO[C@@H]1CCC(CCO[C@H]2CCCOC2)OC1. The minimum Gasteiger partial charge on any atom is -0.379 e. The Bertz CT molecular complexity index is 208. The second-order valence-corrected chi connectivity index (χ2v) is 5.11. The van der Waals surface area contributed by atoms with E-state index < -0.39 is 0 Å². The van der Waals surface area contributed by atoms with E-state index in [4.69, 9.17) is 18.9 Å². The van der Waals surface area contributed by atoms with Crippen molar-refractivity contribution in [1.82, 2.24) is 0 Å². The average molecular weight is 258 g/mol. The molecule has 1 unspecified atom stereocenters. The van der Waals surface area contributed by atoms with Gasteiger partial charge in [0.25, 0.3) is 0 Å². The van der Waals surface area contributed by atoms with Crippen LogP contribution in [0, 0.1) is 0 Å². The van der Waals surface area contributed by atoms with E-state index in [1.807, 2.05) is 6.92 Å². The summed E-state index contributed by atoms with van der Waals surface area (Å²) in [6.45, 7) is 6.00. The molecule has 2 fully saturated rings. The van der Waals surface area contributed by atoms with E-state index in [1.165, 1.54) is 0 Å². The first kappa shape index (κ1) is 14.3. The van der Waals surface area contributed by atoms with Gasteiger partial charge >= 0.3 is 0 Å². The van der Waals surface area contributed by atoms with Gasteiger partial charge in [0, 0.05) is 19.8 Å². The monoisotopic (exact) mass is 258 g/mol. The van der Waals surface area contributed by atoms with Crippen LogP contribution < -0.4 is 0 Å². The van der Waals surface area contributed by atoms with E-state index in [0.29, 0.717) is 18.3 Å². The fourth-order valence-corrected chi connectivity index (χ4v) is 2.59. The van der Waals surface area contributed by atoms with E-state index in [-0.39, 0.29) is 0 Å². The van der Waals surface area contributed by atoms with Gasteiger partial charge < -0.3 is 18.9 Å². The highest BCUT2D eigenvalue weighted by Crippen LogP contribution is 2.19. The predicted octanol–water partition coefficient (Wildman–Crippen LogP) is 2.16. The first-order chi connectivity index (χ1) is 8.88. The zero-order valence-electron chi connectivity index (χ0n) is 11.4. The molecule has 0 aromatic carbocycles. The molecule has 0 spiro atoms. The molecule has 0 bridgehead atoms. The van der Waals surface area contributed by atoms with Crippen LogP contribution >= 0.6 is 0 Å². The van der Waals surface area contributed by atoms with Crippen molar-refractivity contribution in [1.29, 1.82) is 0 Å². The van der Waals surface area contributed by atoms with Gasteiger partial charge in [-0.2, -0.15) is 0 Å². The molecule has 18 heavy (non-hydrogen) atoms. The molecule has 0 aromatic heterocycles. The molecule has 2 heterocycles. The Balaban J connectivity index is 1.52. The summed E-state index contributed by atoms with van der Waals surface area (Å²) in [4.78, 5) is 0. The number of rotatable bonds is 6. The Hall–Kier alpha value is -0.160. The number of hydrogen-bond acceptors (Lipinski definition) is 4. The molecule has 0 amide bonds. The molecular weight excluding hydrogens is 232 g/mol. The Labute approximate surface area is 110 Å². The number of ether oxygens (including phenoxy) is 4. The summed E-state index contributed by atoms with van der Waals surface area (Å²) in [7, 11) is 0. The van der Waals surface area contributed by atoms with Gasteiger partial charge in [-0.3, -0.25) is 0 Å². The van der Waals surface area contributed by atoms with Gasteiger partial charge in [-0.05, 0) is 39.0 Å². The summed E-state index contributed by atoms with van der Waals surface area (Å²) in [6.07, 6.45) is 6.43. The smallest absolute Gasteiger partial charge is 0.0809 e.